The number of benzene rings is 2. The van der Waals surface area contributed by atoms with Gasteiger partial charge in [0, 0.05) is 11.6 Å². The maximum atomic E-state index is 11.8. The summed E-state index contributed by atoms with van der Waals surface area (Å²) in [7, 11) is 0. The third-order valence-corrected chi connectivity index (χ3v) is 2.76. The highest BCUT2D eigenvalue weighted by molar-refractivity contribution is 5.85. The van der Waals surface area contributed by atoms with Crippen molar-refractivity contribution in [1.82, 2.24) is 0 Å². The predicted octanol–water partition coefficient (Wildman–Crippen LogP) is 4.49. The van der Waals surface area contributed by atoms with Crippen LogP contribution in [0.3, 0.4) is 0 Å². The first kappa shape index (κ1) is 21.7. The van der Waals surface area contributed by atoms with Crippen LogP contribution in [0.25, 0.3) is 6.08 Å². The smallest absolute Gasteiger partial charge is 0.387 e. The normalized spacial score (nSPS) is 10.4. The number of hydrogen-bond acceptors (Lipinski definition) is 4. The van der Waals surface area contributed by atoms with Gasteiger partial charge in [-0.15, -0.1) is 0 Å². The topological polar surface area (TPSA) is 72.8 Å². The number of carbonyl (C=O) groups excluding carboxylic acids is 1. The molecule has 0 aromatic heterocycles. The van der Waals surface area contributed by atoms with Crippen LogP contribution in [0.1, 0.15) is 15.9 Å². The van der Waals surface area contributed by atoms with E-state index in [0.29, 0.717) is 17.4 Å². The lowest BCUT2D eigenvalue weighted by molar-refractivity contribution is -0.131. The summed E-state index contributed by atoms with van der Waals surface area (Å²) in [6, 6.07) is 11.1. The molecule has 1 N–H and O–H groups in total. The van der Waals surface area contributed by atoms with E-state index in [4.69, 9.17) is 5.11 Å². The molecule has 27 heavy (non-hydrogen) atoms. The summed E-state index contributed by atoms with van der Waals surface area (Å²) in [4.78, 5) is 20.3. The molecule has 0 bridgehead atoms. The maximum Gasteiger partial charge on any atom is 0.387 e. The van der Waals surface area contributed by atoms with Gasteiger partial charge in [-0.05, 0) is 48.0 Å². The van der Waals surface area contributed by atoms with Crippen LogP contribution < -0.4 is 9.47 Å². The molecule has 0 saturated carbocycles. The number of aliphatic carboxylic acids is 1. The van der Waals surface area contributed by atoms with Crippen molar-refractivity contribution in [2.75, 3.05) is 0 Å². The second-order valence-corrected chi connectivity index (χ2v) is 4.68. The molecular weight excluding hydrogens is 372 g/mol. The SMILES string of the molecule is O=C(O)C=Cc1ccc(OC(F)F)cc1.O=Cc1ccc(OC(F)F)cc1. The van der Waals surface area contributed by atoms with Crippen molar-refractivity contribution in [3.05, 3.63) is 65.7 Å². The molecule has 0 heterocycles. The van der Waals surface area contributed by atoms with Crippen LogP contribution >= 0.6 is 0 Å². The van der Waals surface area contributed by atoms with E-state index >= 15 is 0 Å². The molecule has 0 aliphatic heterocycles. The predicted molar refractivity (Wildman–Crippen MR) is 88.2 cm³/mol. The monoisotopic (exact) mass is 386 g/mol. The van der Waals surface area contributed by atoms with E-state index in [-0.39, 0.29) is 11.5 Å². The molecular formula is C18H14F4O5. The molecule has 2 aromatic carbocycles. The van der Waals surface area contributed by atoms with Gasteiger partial charge in [-0.1, -0.05) is 12.1 Å². The number of carbonyl (C=O) groups is 2. The van der Waals surface area contributed by atoms with Gasteiger partial charge in [0.1, 0.15) is 17.8 Å². The van der Waals surface area contributed by atoms with Gasteiger partial charge in [-0.25, -0.2) is 4.79 Å². The molecule has 0 atom stereocenters. The van der Waals surface area contributed by atoms with Gasteiger partial charge in [0.25, 0.3) is 0 Å². The first-order chi connectivity index (χ1) is 12.8. The molecule has 0 aliphatic carbocycles. The molecule has 5 nitrogen and oxygen atoms in total. The van der Waals surface area contributed by atoms with Crippen molar-refractivity contribution in [3.63, 3.8) is 0 Å². The van der Waals surface area contributed by atoms with Crippen LogP contribution in [0.5, 0.6) is 11.5 Å². The largest absolute Gasteiger partial charge is 0.478 e. The van der Waals surface area contributed by atoms with E-state index in [2.05, 4.69) is 9.47 Å². The molecule has 0 fully saturated rings. The fourth-order valence-corrected chi connectivity index (χ4v) is 1.66. The van der Waals surface area contributed by atoms with Crippen molar-refractivity contribution in [2.45, 2.75) is 13.2 Å². The first-order valence-corrected chi connectivity index (χ1v) is 7.26. The summed E-state index contributed by atoms with van der Waals surface area (Å²) >= 11 is 0. The average molecular weight is 386 g/mol. The zero-order valence-electron chi connectivity index (χ0n) is 13.6. The molecule has 144 valence electrons. The van der Waals surface area contributed by atoms with Crippen LogP contribution in [-0.2, 0) is 4.79 Å². The van der Waals surface area contributed by atoms with Gasteiger partial charge in [-0.2, -0.15) is 17.6 Å². The minimum absolute atomic E-state index is 0.0393. The van der Waals surface area contributed by atoms with Crippen molar-refractivity contribution < 1.29 is 41.7 Å². The van der Waals surface area contributed by atoms with Crippen molar-refractivity contribution in [1.29, 1.82) is 0 Å². The Morgan fingerprint density at radius 1 is 0.815 bits per heavy atom. The van der Waals surface area contributed by atoms with Gasteiger partial charge in [-0.3, -0.25) is 4.79 Å². The van der Waals surface area contributed by atoms with Gasteiger partial charge in [0.05, 0.1) is 0 Å². The molecule has 0 amide bonds. The number of ether oxygens (including phenoxy) is 2. The van der Waals surface area contributed by atoms with Crippen molar-refractivity contribution in [3.8, 4) is 11.5 Å². The lowest BCUT2D eigenvalue weighted by Crippen LogP contribution is -2.01. The van der Waals surface area contributed by atoms with Crippen molar-refractivity contribution in [2.24, 2.45) is 0 Å². The molecule has 0 spiro atoms. The van der Waals surface area contributed by atoms with Crippen LogP contribution in [0, 0.1) is 0 Å². The standard InChI is InChI=1S/C10H8F2O3.C8H6F2O2/c11-10(12)15-8-4-1-7(2-5-8)3-6-9(13)14;9-8(10)12-7-3-1-6(5-11)2-4-7/h1-6,10H,(H,13,14);1-5,8H. The zero-order chi connectivity index (χ0) is 20.2. The third kappa shape index (κ3) is 9.63. The minimum atomic E-state index is -2.86. The summed E-state index contributed by atoms with van der Waals surface area (Å²) in [6.45, 7) is -5.68. The zero-order valence-corrected chi connectivity index (χ0v) is 13.6. The highest BCUT2D eigenvalue weighted by atomic mass is 19.3. The molecule has 9 heteroatoms. The summed E-state index contributed by atoms with van der Waals surface area (Å²) in [5, 5.41) is 8.34. The Balaban J connectivity index is 0.000000277. The fraction of sp³-hybridized carbons (Fsp3) is 0.111. The van der Waals surface area contributed by atoms with Gasteiger partial charge in [0.2, 0.25) is 0 Å². The third-order valence-electron chi connectivity index (χ3n) is 2.76. The van der Waals surface area contributed by atoms with Crippen molar-refractivity contribution >= 4 is 18.3 Å². The Morgan fingerprint density at radius 3 is 1.56 bits per heavy atom. The Kier molecular flexibility index (Phi) is 9.07. The lowest BCUT2D eigenvalue weighted by atomic mass is 10.2. The second-order valence-electron chi connectivity index (χ2n) is 4.68. The summed E-state index contributed by atoms with van der Waals surface area (Å²) in [6.07, 6.45) is 2.95. The molecule has 2 rings (SSSR count). The van der Waals surface area contributed by atoms with E-state index in [0.717, 1.165) is 6.08 Å². The highest BCUT2D eigenvalue weighted by Crippen LogP contribution is 2.15. The first-order valence-electron chi connectivity index (χ1n) is 7.26. The highest BCUT2D eigenvalue weighted by Gasteiger charge is 2.03. The van der Waals surface area contributed by atoms with E-state index in [1.165, 1.54) is 54.6 Å². The van der Waals surface area contributed by atoms with E-state index < -0.39 is 19.2 Å². The number of carboxylic acids is 1. The van der Waals surface area contributed by atoms with E-state index in [9.17, 15) is 27.2 Å². The summed E-state index contributed by atoms with van der Waals surface area (Å²) in [5.41, 5.74) is 1.02. The van der Waals surface area contributed by atoms with Crippen LogP contribution in [0.15, 0.2) is 54.6 Å². The molecule has 0 aliphatic rings. The molecule has 0 saturated heterocycles. The number of aldehydes is 1. The van der Waals surface area contributed by atoms with Gasteiger partial charge in [0.15, 0.2) is 0 Å². The second kappa shape index (κ2) is 11.3. The average Bonchev–Trinajstić information content (AvgIpc) is 2.61. The maximum absolute atomic E-state index is 11.8. The Morgan fingerprint density at radius 2 is 1.22 bits per heavy atom. The van der Waals surface area contributed by atoms with Gasteiger partial charge >= 0.3 is 19.2 Å². The van der Waals surface area contributed by atoms with Crippen LogP contribution in [0.4, 0.5) is 17.6 Å². The van der Waals surface area contributed by atoms with E-state index in [1.54, 1.807) is 0 Å². The Labute approximate surface area is 151 Å². The Bertz CT molecular complexity index is 743. The quantitative estimate of drug-likeness (QED) is 0.431. The lowest BCUT2D eigenvalue weighted by Gasteiger charge is -2.03. The summed E-state index contributed by atoms with van der Waals surface area (Å²) < 4.78 is 54.9. The minimum Gasteiger partial charge on any atom is -0.478 e. The number of carboxylic acid groups (broad SMARTS) is 1. The number of alkyl halides is 4. The molecule has 2 aromatic rings. The molecule has 0 radical (unpaired) electrons. The number of halogens is 4. The van der Waals surface area contributed by atoms with Gasteiger partial charge < -0.3 is 14.6 Å². The number of hydrogen-bond donors (Lipinski definition) is 1. The Hall–Kier alpha value is -3.36. The number of rotatable bonds is 7. The van der Waals surface area contributed by atoms with Crippen LogP contribution in [-0.4, -0.2) is 30.6 Å². The summed E-state index contributed by atoms with van der Waals surface area (Å²) in [5.74, 6) is -0.976. The molecule has 0 unspecified atom stereocenters. The van der Waals surface area contributed by atoms with E-state index in [1.807, 2.05) is 0 Å². The fourth-order valence-electron chi connectivity index (χ4n) is 1.66. The van der Waals surface area contributed by atoms with Crippen LogP contribution in [0.2, 0.25) is 0 Å².